The number of benzene rings is 1. The number of nitrogens with zero attached hydrogens (tertiary/aromatic N) is 2. The second-order valence-electron chi connectivity index (χ2n) is 6.20. The molecule has 3 rings (SSSR count). The molecule has 2 heterocycles. The molecular weight excluding hydrogens is 334 g/mol. The number of carbonyl (C=O) groups is 2. The van der Waals surface area contributed by atoms with E-state index in [0.717, 1.165) is 16.8 Å². The Bertz CT molecular complexity index is 814. The third-order valence-electron chi connectivity index (χ3n) is 4.20. The molecule has 7 nitrogen and oxygen atoms in total. The van der Waals surface area contributed by atoms with E-state index < -0.39 is 6.10 Å². The van der Waals surface area contributed by atoms with Crippen LogP contribution in [0.15, 0.2) is 52.2 Å². The Morgan fingerprint density at radius 1 is 1.27 bits per heavy atom. The van der Waals surface area contributed by atoms with Crippen LogP contribution in [-0.4, -0.2) is 42.1 Å². The fourth-order valence-corrected chi connectivity index (χ4v) is 2.76. The molecule has 0 saturated heterocycles. The number of oxime groups is 1. The van der Waals surface area contributed by atoms with Crippen LogP contribution in [0.5, 0.6) is 0 Å². The Hall–Kier alpha value is -3.09. The highest BCUT2D eigenvalue weighted by atomic mass is 16.6. The van der Waals surface area contributed by atoms with Gasteiger partial charge in [-0.15, -0.1) is 0 Å². The molecule has 26 heavy (non-hydrogen) atoms. The third-order valence-corrected chi connectivity index (χ3v) is 4.20. The van der Waals surface area contributed by atoms with Gasteiger partial charge >= 0.3 is 0 Å². The summed E-state index contributed by atoms with van der Waals surface area (Å²) < 4.78 is 5.15. The molecule has 2 aromatic rings. The molecule has 0 saturated carbocycles. The van der Waals surface area contributed by atoms with Gasteiger partial charge in [0.05, 0.1) is 25.1 Å². The Kier molecular flexibility index (Phi) is 5.36. The van der Waals surface area contributed by atoms with E-state index in [9.17, 15) is 9.59 Å². The van der Waals surface area contributed by atoms with Crippen molar-refractivity contribution in [2.75, 3.05) is 13.6 Å². The van der Waals surface area contributed by atoms with Crippen LogP contribution < -0.4 is 5.32 Å². The predicted octanol–water partition coefficient (Wildman–Crippen LogP) is 1.86. The largest absolute Gasteiger partial charge is 0.467 e. The molecule has 1 aromatic carbocycles. The van der Waals surface area contributed by atoms with Crippen molar-refractivity contribution >= 4 is 17.5 Å². The van der Waals surface area contributed by atoms with Crippen molar-refractivity contribution in [3.05, 3.63) is 59.5 Å². The standard InChI is InChI=1S/C19H21N3O4/c1-13-6-3-4-8-15(13)16-10-17(26-21-16)19(24)22(2)12-18(23)20-11-14-7-5-9-25-14/h3-9,17H,10-12H2,1-2H3,(H,20,23)/t17-/m1/s1. The highest BCUT2D eigenvalue weighted by Gasteiger charge is 2.32. The molecule has 0 fully saturated rings. The first-order chi connectivity index (χ1) is 12.5. The molecule has 0 radical (unpaired) electrons. The van der Waals surface area contributed by atoms with E-state index in [0.29, 0.717) is 12.2 Å². The van der Waals surface area contributed by atoms with Crippen molar-refractivity contribution in [1.82, 2.24) is 10.2 Å². The molecule has 0 spiro atoms. The first-order valence-electron chi connectivity index (χ1n) is 8.37. The fourth-order valence-electron chi connectivity index (χ4n) is 2.76. The summed E-state index contributed by atoms with van der Waals surface area (Å²) in [5.74, 6) is 0.114. The SMILES string of the molecule is Cc1ccccc1C1=NO[C@@H](C(=O)N(C)CC(=O)NCc2ccco2)C1. The van der Waals surface area contributed by atoms with Gasteiger partial charge in [-0.3, -0.25) is 9.59 Å². The van der Waals surface area contributed by atoms with Crippen LogP contribution in [0.3, 0.4) is 0 Å². The first-order valence-corrected chi connectivity index (χ1v) is 8.37. The normalized spacial score (nSPS) is 15.9. The number of hydrogen-bond donors (Lipinski definition) is 1. The lowest BCUT2D eigenvalue weighted by Crippen LogP contribution is -2.42. The minimum atomic E-state index is -0.701. The summed E-state index contributed by atoms with van der Waals surface area (Å²) in [6.45, 7) is 2.22. The van der Waals surface area contributed by atoms with Crippen LogP contribution in [0.2, 0.25) is 0 Å². The molecule has 0 unspecified atom stereocenters. The molecule has 1 aliphatic rings. The monoisotopic (exact) mass is 355 g/mol. The third kappa shape index (κ3) is 4.11. The molecule has 0 aliphatic carbocycles. The molecule has 1 N–H and O–H groups in total. The van der Waals surface area contributed by atoms with Gasteiger partial charge in [-0.2, -0.15) is 0 Å². The van der Waals surface area contributed by atoms with Crippen LogP contribution in [0, 0.1) is 6.92 Å². The van der Waals surface area contributed by atoms with Gasteiger partial charge in [-0.25, -0.2) is 0 Å². The van der Waals surface area contributed by atoms with E-state index >= 15 is 0 Å². The van der Waals surface area contributed by atoms with Crippen LogP contribution >= 0.6 is 0 Å². The van der Waals surface area contributed by atoms with E-state index in [1.807, 2.05) is 31.2 Å². The van der Waals surface area contributed by atoms with E-state index in [2.05, 4.69) is 10.5 Å². The summed E-state index contributed by atoms with van der Waals surface area (Å²) in [7, 11) is 1.57. The van der Waals surface area contributed by atoms with Gasteiger partial charge in [0, 0.05) is 19.0 Å². The number of nitrogens with one attached hydrogen (secondary N) is 1. The lowest BCUT2D eigenvalue weighted by molar-refractivity contribution is -0.143. The quantitative estimate of drug-likeness (QED) is 0.857. The average molecular weight is 355 g/mol. The maximum absolute atomic E-state index is 12.5. The van der Waals surface area contributed by atoms with Gasteiger partial charge in [-0.1, -0.05) is 29.4 Å². The number of likely N-dealkylation sites (N-methyl/N-ethyl adjacent to an activating group) is 1. The van der Waals surface area contributed by atoms with Crippen LogP contribution in [0.1, 0.15) is 23.3 Å². The summed E-state index contributed by atoms with van der Waals surface area (Å²) in [6.07, 6.45) is 1.23. The molecule has 1 aromatic heterocycles. The Morgan fingerprint density at radius 3 is 2.81 bits per heavy atom. The number of aryl methyl sites for hydroxylation is 1. The van der Waals surface area contributed by atoms with Gasteiger partial charge < -0.3 is 19.5 Å². The Balaban J connectivity index is 1.50. The van der Waals surface area contributed by atoms with Gasteiger partial charge in [0.1, 0.15) is 5.76 Å². The van der Waals surface area contributed by atoms with Crippen molar-refractivity contribution < 1.29 is 18.8 Å². The molecule has 136 valence electrons. The van der Waals surface area contributed by atoms with Crippen molar-refractivity contribution in [2.45, 2.75) is 26.0 Å². The van der Waals surface area contributed by atoms with Gasteiger partial charge in [0.2, 0.25) is 12.0 Å². The van der Waals surface area contributed by atoms with Crippen LogP contribution in [0.4, 0.5) is 0 Å². The summed E-state index contributed by atoms with van der Waals surface area (Å²) in [4.78, 5) is 31.1. The second kappa shape index (κ2) is 7.86. The number of furan rings is 1. The topological polar surface area (TPSA) is 84.1 Å². The lowest BCUT2D eigenvalue weighted by atomic mass is 10.00. The summed E-state index contributed by atoms with van der Waals surface area (Å²) in [6, 6.07) is 11.3. The predicted molar refractivity (Wildman–Crippen MR) is 95.4 cm³/mol. The number of rotatable bonds is 6. The van der Waals surface area contributed by atoms with Crippen molar-refractivity contribution in [3.63, 3.8) is 0 Å². The minimum Gasteiger partial charge on any atom is -0.467 e. The zero-order valence-electron chi connectivity index (χ0n) is 14.8. The molecule has 0 bridgehead atoms. The van der Waals surface area contributed by atoms with E-state index in [1.165, 1.54) is 4.90 Å². The van der Waals surface area contributed by atoms with Gasteiger partial charge in [-0.05, 0) is 24.6 Å². The van der Waals surface area contributed by atoms with Crippen LogP contribution in [-0.2, 0) is 21.0 Å². The maximum atomic E-state index is 12.5. The van der Waals surface area contributed by atoms with E-state index in [4.69, 9.17) is 9.25 Å². The van der Waals surface area contributed by atoms with Crippen LogP contribution in [0.25, 0.3) is 0 Å². The van der Waals surface area contributed by atoms with Crippen molar-refractivity contribution in [2.24, 2.45) is 5.16 Å². The molecular formula is C19H21N3O4. The molecule has 1 aliphatic heterocycles. The Labute approximate surface area is 151 Å². The van der Waals surface area contributed by atoms with Crippen molar-refractivity contribution in [3.8, 4) is 0 Å². The fraction of sp³-hybridized carbons (Fsp3) is 0.316. The van der Waals surface area contributed by atoms with Gasteiger partial charge in [0.25, 0.3) is 5.91 Å². The van der Waals surface area contributed by atoms with Crippen molar-refractivity contribution in [1.29, 1.82) is 0 Å². The highest BCUT2D eigenvalue weighted by molar-refractivity contribution is 6.05. The minimum absolute atomic E-state index is 0.0564. The lowest BCUT2D eigenvalue weighted by Gasteiger charge is -2.19. The summed E-state index contributed by atoms with van der Waals surface area (Å²) >= 11 is 0. The maximum Gasteiger partial charge on any atom is 0.267 e. The van der Waals surface area contributed by atoms with E-state index in [1.54, 1.807) is 25.4 Å². The van der Waals surface area contributed by atoms with Gasteiger partial charge in [0.15, 0.2) is 0 Å². The zero-order chi connectivity index (χ0) is 18.5. The zero-order valence-corrected chi connectivity index (χ0v) is 14.8. The smallest absolute Gasteiger partial charge is 0.267 e. The molecule has 7 heteroatoms. The average Bonchev–Trinajstić information content (AvgIpc) is 3.31. The number of carbonyl (C=O) groups excluding carboxylic acids is 2. The second-order valence-corrected chi connectivity index (χ2v) is 6.20. The summed E-state index contributed by atoms with van der Waals surface area (Å²) in [5.41, 5.74) is 2.80. The molecule has 2 amide bonds. The molecule has 1 atom stereocenters. The number of amides is 2. The van der Waals surface area contributed by atoms with E-state index in [-0.39, 0.29) is 24.9 Å². The number of hydrogen-bond acceptors (Lipinski definition) is 5. The Morgan fingerprint density at radius 2 is 2.08 bits per heavy atom. The summed E-state index contributed by atoms with van der Waals surface area (Å²) in [5, 5.41) is 6.76. The first kappa shape index (κ1) is 17.7. The highest BCUT2D eigenvalue weighted by Crippen LogP contribution is 2.20.